The Morgan fingerprint density at radius 1 is 1.82 bits per heavy atom. The lowest BCUT2D eigenvalue weighted by Crippen LogP contribution is -2.16. The van der Waals surface area contributed by atoms with Gasteiger partial charge in [0.1, 0.15) is 0 Å². The maximum Gasteiger partial charge on any atom is 0.309 e. The number of rotatable bonds is 2. The molecule has 1 N–H and O–H groups in total. The highest BCUT2D eigenvalue weighted by atomic mass is 35.5. The summed E-state index contributed by atoms with van der Waals surface area (Å²) in [5, 5.41) is 8.43. The number of carbonyl (C=O) groups is 1. The number of allylic oxidation sites excluding steroid dienone is 2. The van der Waals surface area contributed by atoms with Gasteiger partial charge < -0.3 is 5.11 Å². The highest BCUT2D eigenvalue weighted by molar-refractivity contribution is 6.14. The van der Waals surface area contributed by atoms with E-state index in [9.17, 15) is 4.79 Å². The third-order valence-electron chi connectivity index (χ3n) is 1.33. The molecule has 1 rings (SSSR count). The first-order valence-corrected chi connectivity index (χ1v) is 3.55. The second-order valence-corrected chi connectivity index (χ2v) is 2.61. The Bertz CT molecular complexity index is 222. The van der Waals surface area contributed by atoms with E-state index in [1.165, 1.54) is 4.42 Å². The molecule has 0 radical (unpaired) electrons. The lowest BCUT2D eigenvalue weighted by atomic mass is 10.2. The van der Waals surface area contributed by atoms with Gasteiger partial charge in [-0.2, -0.15) is 0 Å². The molecule has 0 aromatic heterocycles. The van der Waals surface area contributed by atoms with Crippen LogP contribution in [0.1, 0.15) is 6.42 Å². The van der Waals surface area contributed by atoms with Gasteiger partial charge in [-0.3, -0.25) is 9.21 Å². The summed E-state index contributed by atoms with van der Waals surface area (Å²) in [4.78, 5) is 10.3. The number of carboxylic acid groups (broad SMARTS) is 1. The molecular formula is C7H8ClNO2. The maximum atomic E-state index is 10.3. The van der Waals surface area contributed by atoms with E-state index in [-0.39, 0.29) is 6.42 Å². The molecule has 0 atom stereocenters. The van der Waals surface area contributed by atoms with E-state index < -0.39 is 5.97 Å². The van der Waals surface area contributed by atoms with Crippen LogP contribution in [-0.2, 0) is 4.79 Å². The van der Waals surface area contributed by atoms with Crippen LogP contribution in [-0.4, -0.2) is 22.0 Å². The lowest BCUT2D eigenvalue weighted by molar-refractivity contribution is -0.136. The molecule has 3 nitrogen and oxygen atoms in total. The standard InChI is InChI=1S/C7H8ClNO2/c8-9-4-2-1-3-6(9)5-7(10)11/h1-3H,4-5H2,(H,10,11). The average Bonchev–Trinajstić information content (AvgIpc) is 1.93. The largest absolute Gasteiger partial charge is 0.481 e. The molecule has 1 heterocycles. The zero-order valence-electron chi connectivity index (χ0n) is 5.83. The summed E-state index contributed by atoms with van der Waals surface area (Å²) < 4.78 is 1.40. The first-order chi connectivity index (χ1) is 5.20. The van der Waals surface area contributed by atoms with Crippen LogP contribution in [0.15, 0.2) is 23.9 Å². The van der Waals surface area contributed by atoms with Crippen LogP contribution < -0.4 is 0 Å². The van der Waals surface area contributed by atoms with E-state index in [0.29, 0.717) is 12.2 Å². The van der Waals surface area contributed by atoms with Crippen molar-refractivity contribution < 1.29 is 9.90 Å². The van der Waals surface area contributed by atoms with Gasteiger partial charge in [-0.1, -0.05) is 12.2 Å². The van der Waals surface area contributed by atoms with Crippen LogP contribution in [0.4, 0.5) is 0 Å². The zero-order valence-corrected chi connectivity index (χ0v) is 6.58. The number of nitrogens with zero attached hydrogens (tertiary/aromatic N) is 1. The number of carboxylic acids is 1. The van der Waals surface area contributed by atoms with Crippen LogP contribution in [0.3, 0.4) is 0 Å². The Labute approximate surface area is 69.7 Å². The lowest BCUT2D eigenvalue weighted by Gasteiger charge is -2.18. The van der Waals surface area contributed by atoms with Gasteiger partial charge in [0.05, 0.1) is 13.0 Å². The van der Waals surface area contributed by atoms with E-state index in [1.807, 2.05) is 6.08 Å². The molecule has 0 aromatic carbocycles. The molecule has 0 aromatic rings. The van der Waals surface area contributed by atoms with Crippen molar-refractivity contribution >= 4 is 17.7 Å². The Hall–Kier alpha value is -0.960. The highest BCUT2D eigenvalue weighted by Gasteiger charge is 2.10. The van der Waals surface area contributed by atoms with Crippen molar-refractivity contribution in [3.05, 3.63) is 23.9 Å². The van der Waals surface area contributed by atoms with Gasteiger partial charge in [-0.25, -0.2) is 0 Å². The van der Waals surface area contributed by atoms with Crippen molar-refractivity contribution in [3.8, 4) is 0 Å². The Morgan fingerprint density at radius 2 is 2.55 bits per heavy atom. The van der Waals surface area contributed by atoms with Gasteiger partial charge in [0.2, 0.25) is 0 Å². The molecule has 0 amide bonds. The van der Waals surface area contributed by atoms with Crippen molar-refractivity contribution in [1.82, 2.24) is 4.42 Å². The molecule has 1 aliphatic rings. The number of hydrogen-bond acceptors (Lipinski definition) is 2. The quantitative estimate of drug-likeness (QED) is 0.642. The van der Waals surface area contributed by atoms with E-state index in [0.717, 1.165) is 0 Å². The minimum atomic E-state index is -0.864. The molecule has 60 valence electrons. The summed E-state index contributed by atoms with van der Waals surface area (Å²) in [6, 6.07) is 0. The topological polar surface area (TPSA) is 40.5 Å². The van der Waals surface area contributed by atoms with Crippen LogP contribution in [0.25, 0.3) is 0 Å². The van der Waals surface area contributed by atoms with E-state index >= 15 is 0 Å². The fourth-order valence-electron chi connectivity index (χ4n) is 0.830. The molecule has 0 saturated heterocycles. The first kappa shape index (κ1) is 8.14. The second kappa shape index (κ2) is 3.44. The van der Waals surface area contributed by atoms with Gasteiger partial charge >= 0.3 is 5.97 Å². The van der Waals surface area contributed by atoms with Crippen LogP contribution in [0, 0.1) is 0 Å². The van der Waals surface area contributed by atoms with Crippen LogP contribution >= 0.6 is 11.8 Å². The summed E-state index contributed by atoms with van der Waals surface area (Å²) >= 11 is 5.68. The number of halogens is 1. The molecule has 11 heavy (non-hydrogen) atoms. The van der Waals surface area contributed by atoms with E-state index in [1.54, 1.807) is 12.2 Å². The minimum absolute atomic E-state index is 0.0200. The third kappa shape index (κ3) is 2.27. The third-order valence-corrected chi connectivity index (χ3v) is 1.69. The minimum Gasteiger partial charge on any atom is -0.481 e. The molecule has 0 saturated carbocycles. The molecule has 0 unspecified atom stereocenters. The van der Waals surface area contributed by atoms with Crippen molar-refractivity contribution in [2.75, 3.05) is 6.54 Å². The highest BCUT2D eigenvalue weighted by Crippen LogP contribution is 2.15. The Kier molecular flexibility index (Phi) is 2.54. The van der Waals surface area contributed by atoms with Gasteiger partial charge in [-0.05, 0) is 6.08 Å². The predicted octanol–water partition coefficient (Wildman–Crippen LogP) is 1.37. The normalized spacial score (nSPS) is 16.5. The van der Waals surface area contributed by atoms with Crippen molar-refractivity contribution in [1.29, 1.82) is 0 Å². The molecule has 0 spiro atoms. The van der Waals surface area contributed by atoms with E-state index in [2.05, 4.69) is 0 Å². The van der Waals surface area contributed by atoms with Gasteiger partial charge in [-0.15, -0.1) is 0 Å². The molecule has 1 aliphatic heterocycles. The van der Waals surface area contributed by atoms with Gasteiger partial charge in [0.15, 0.2) is 0 Å². The zero-order chi connectivity index (χ0) is 8.27. The monoisotopic (exact) mass is 173 g/mol. The second-order valence-electron chi connectivity index (χ2n) is 2.20. The smallest absolute Gasteiger partial charge is 0.309 e. The van der Waals surface area contributed by atoms with Gasteiger partial charge in [0, 0.05) is 17.5 Å². The van der Waals surface area contributed by atoms with E-state index in [4.69, 9.17) is 16.9 Å². The molecule has 0 bridgehead atoms. The van der Waals surface area contributed by atoms with Crippen molar-refractivity contribution in [3.63, 3.8) is 0 Å². The summed E-state index contributed by atoms with van der Waals surface area (Å²) in [6.07, 6.45) is 5.34. The fraction of sp³-hybridized carbons (Fsp3) is 0.286. The fourth-order valence-corrected chi connectivity index (χ4v) is 1.03. The molecule has 0 fully saturated rings. The number of aliphatic carboxylic acids is 1. The molecule has 0 aliphatic carbocycles. The first-order valence-electron chi connectivity index (χ1n) is 3.21. The predicted molar refractivity (Wildman–Crippen MR) is 42.0 cm³/mol. The van der Waals surface area contributed by atoms with Crippen molar-refractivity contribution in [2.24, 2.45) is 0 Å². The Balaban J connectivity index is 2.61. The summed E-state index contributed by atoms with van der Waals surface area (Å²) in [5.41, 5.74) is 0.627. The van der Waals surface area contributed by atoms with Crippen LogP contribution in [0.5, 0.6) is 0 Å². The summed E-state index contributed by atoms with van der Waals surface area (Å²) in [5.74, 6) is -0.864. The summed E-state index contributed by atoms with van der Waals surface area (Å²) in [7, 11) is 0. The summed E-state index contributed by atoms with van der Waals surface area (Å²) in [6.45, 7) is 0.570. The molecular weight excluding hydrogens is 166 g/mol. The average molecular weight is 174 g/mol. The Morgan fingerprint density at radius 3 is 3.09 bits per heavy atom. The van der Waals surface area contributed by atoms with Crippen LogP contribution in [0.2, 0.25) is 0 Å². The SMILES string of the molecule is O=C(O)CC1=CC=CCN1Cl. The number of hydrogen-bond donors (Lipinski definition) is 1. The van der Waals surface area contributed by atoms with Crippen molar-refractivity contribution in [2.45, 2.75) is 6.42 Å². The molecule has 4 heteroatoms. The maximum absolute atomic E-state index is 10.3. The van der Waals surface area contributed by atoms with Gasteiger partial charge in [0.25, 0.3) is 0 Å².